The van der Waals surface area contributed by atoms with Gasteiger partial charge in [-0.3, -0.25) is 14.3 Å². The molecular weight excluding hydrogens is 390 g/mol. The van der Waals surface area contributed by atoms with E-state index in [2.05, 4.69) is 15.2 Å². The van der Waals surface area contributed by atoms with Crippen molar-refractivity contribution in [3.8, 4) is 22.8 Å². The van der Waals surface area contributed by atoms with E-state index in [4.69, 9.17) is 9.47 Å². The molecule has 3 heterocycles. The first-order chi connectivity index (χ1) is 14.3. The van der Waals surface area contributed by atoms with Gasteiger partial charge in [-0.05, 0) is 36.4 Å². The van der Waals surface area contributed by atoms with Gasteiger partial charge in [0.25, 0.3) is 0 Å². The molecule has 1 saturated heterocycles. The summed E-state index contributed by atoms with van der Waals surface area (Å²) in [6, 6.07) is 11.4. The number of rotatable bonds is 6. The summed E-state index contributed by atoms with van der Waals surface area (Å²) in [6.45, 7) is 2.43. The van der Waals surface area contributed by atoms with Crippen molar-refractivity contribution in [3.63, 3.8) is 0 Å². The number of hydrogen-bond donors (Lipinski definition) is 0. The fraction of sp³-hybridized carbons (Fsp3) is 0.300. The topological polar surface area (TPSA) is 82.4 Å². The van der Waals surface area contributed by atoms with Crippen molar-refractivity contribution in [2.45, 2.75) is 5.16 Å². The van der Waals surface area contributed by atoms with Crippen LogP contribution < -0.4 is 4.74 Å². The van der Waals surface area contributed by atoms with E-state index in [0.717, 1.165) is 17.0 Å². The molecular formula is C20H21N5O3S. The first-order valence-corrected chi connectivity index (χ1v) is 10.2. The number of methoxy groups -OCH3 is 1. The van der Waals surface area contributed by atoms with E-state index >= 15 is 0 Å². The molecule has 1 aromatic carbocycles. The van der Waals surface area contributed by atoms with Gasteiger partial charge in [-0.25, -0.2) is 0 Å². The second-order valence-corrected chi connectivity index (χ2v) is 7.31. The quantitative estimate of drug-likeness (QED) is 0.576. The van der Waals surface area contributed by atoms with E-state index < -0.39 is 0 Å². The number of carbonyl (C=O) groups is 1. The van der Waals surface area contributed by atoms with Crippen LogP contribution in [0.2, 0.25) is 0 Å². The van der Waals surface area contributed by atoms with E-state index in [1.54, 1.807) is 19.5 Å². The second-order valence-electron chi connectivity index (χ2n) is 6.36. The molecule has 0 aliphatic carbocycles. The van der Waals surface area contributed by atoms with Gasteiger partial charge in [-0.1, -0.05) is 11.8 Å². The SMILES string of the molecule is COc1ccc(-n2c(SCC(=O)N3CCOCC3)nnc2-c2cccnc2)cc1. The zero-order valence-electron chi connectivity index (χ0n) is 16.0. The average Bonchev–Trinajstić information content (AvgIpc) is 3.22. The molecule has 3 aromatic rings. The molecule has 29 heavy (non-hydrogen) atoms. The molecule has 1 aliphatic rings. The zero-order chi connectivity index (χ0) is 20.1. The van der Waals surface area contributed by atoms with Crippen LogP contribution in [0.25, 0.3) is 17.1 Å². The third-order valence-corrected chi connectivity index (χ3v) is 5.49. The van der Waals surface area contributed by atoms with E-state index in [-0.39, 0.29) is 5.91 Å². The van der Waals surface area contributed by atoms with E-state index in [0.29, 0.717) is 43.0 Å². The predicted octanol–water partition coefficient (Wildman–Crippen LogP) is 2.29. The van der Waals surface area contributed by atoms with E-state index in [1.807, 2.05) is 45.9 Å². The summed E-state index contributed by atoms with van der Waals surface area (Å²) >= 11 is 1.37. The van der Waals surface area contributed by atoms with E-state index in [9.17, 15) is 4.79 Å². The predicted molar refractivity (Wildman–Crippen MR) is 109 cm³/mol. The zero-order valence-corrected chi connectivity index (χ0v) is 16.8. The molecule has 0 saturated carbocycles. The summed E-state index contributed by atoms with van der Waals surface area (Å²) in [5, 5.41) is 9.37. The maximum Gasteiger partial charge on any atom is 0.233 e. The van der Waals surface area contributed by atoms with Crippen LogP contribution in [0, 0.1) is 0 Å². The molecule has 9 heteroatoms. The van der Waals surface area contributed by atoms with Crippen molar-refractivity contribution in [2.75, 3.05) is 39.2 Å². The van der Waals surface area contributed by atoms with Gasteiger partial charge in [0.1, 0.15) is 5.75 Å². The number of aromatic nitrogens is 4. The summed E-state index contributed by atoms with van der Waals surface area (Å²) in [4.78, 5) is 18.6. The Bertz CT molecular complexity index is 956. The van der Waals surface area contributed by atoms with Crippen LogP contribution in [0.3, 0.4) is 0 Å². The number of morpholine rings is 1. The smallest absolute Gasteiger partial charge is 0.233 e. The highest BCUT2D eigenvalue weighted by molar-refractivity contribution is 7.99. The van der Waals surface area contributed by atoms with Crippen molar-refractivity contribution in [1.82, 2.24) is 24.6 Å². The first-order valence-electron chi connectivity index (χ1n) is 9.25. The highest BCUT2D eigenvalue weighted by Crippen LogP contribution is 2.28. The van der Waals surface area contributed by atoms with Gasteiger partial charge in [0.15, 0.2) is 11.0 Å². The van der Waals surface area contributed by atoms with Crippen molar-refractivity contribution >= 4 is 17.7 Å². The molecule has 2 aromatic heterocycles. The summed E-state index contributed by atoms with van der Waals surface area (Å²) < 4.78 is 12.5. The standard InChI is InChI=1S/C20H21N5O3S/c1-27-17-6-4-16(5-7-17)25-19(15-3-2-8-21-13-15)22-23-20(25)29-14-18(26)24-9-11-28-12-10-24/h2-8,13H,9-12,14H2,1H3. The number of ether oxygens (including phenoxy) is 2. The maximum absolute atomic E-state index is 12.5. The lowest BCUT2D eigenvalue weighted by molar-refractivity contribution is -0.132. The van der Waals surface area contributed by atoms with Crippen LogP contribution in [-0.2, 0) is 9.53 Å². The lowest BCUT2D eigenvalue weighted by Gasteiger charge is -2.26. The molecule has 8 nitrogen and oxygen atoms in total. The normalized spacial score (nSPS) is 14.0. The average molecular weight is 411 g/mol. The van der Waals surface area contributed by atoms with Crippen molar-refractivity contribution < 1.29 is 14.3 Å². The Morgan fingerprint density at radius 1 is 1.17 bits per heavy atom. The van der Waals surface area contributed by atoms with Gasteiger partial charge in [0.05, 0.1) is 26.1 Å². The Hall–Kier alpha value is -2.91. The lowest BCUT2D eigenvalue weighted by atomic mass is 10.2. The Morgan fingerprint density at radius 3 is 2.66 bits per heavy atom. The molecule has 0 unspecified atom stereocenters. The first kappa shape index (κ1) is 19.4. The maximum atomic E-state index is 12.5. The van der Waals surface area contributed by atoms with Gasteiger partial charge >= 0.3 is 0 Å². The molecule has 0 radical (unpaired) electrons. The Kier molecular flexibility index (Phi) is 6.06. The van der Waals surface area contributed by atoms with Crippen LogP contribution in [0.15, 0.2) is 53.9 Å². The number of nitrogens with zero attached hydrogens (tertiary/aromatic N) is 5. The summed E-state index contributed by atoms with van der Waals surface area (Å²) in [7, 11) is 1.63. The molecule has 1 aliphatic heterocycles. The molecule has 0 spiro atoms. The Morgan fingerprint density at radius 2 is 1.97 bits per heavy atom. The summed E-state index contributed by atoms with van der Waals surface area (Å²) in [5.74, 6) is 1.80. The minimum Gasteiger partial charge on any atom is -0.497 e. The summed E-state index contributed by atoms with van der Waals surface area (Å²) in [6.07, 6.45) is 3.46. The molecule has 0 atom stereocenters. The number of amides is 1. The van der Waals surface area contributed by atoms with Crippen LogP contribution in [-0.4, -0.2) is 69.7 Å². The Balaban J connectivity index is 1.62. The lowest BCUT2D eigenvalue weighted by Crippen LogP contribution is -2.41. The number of benzene rings is 1. The van der Waals surface area contributed by atoms with Crippen LogP contribution >= 0.6 is 11.8 Å². The molecule has 0 bridgehead atoms. The molecule has 4 rings (SSSR count). The van der Waals surface area contributed by atoms with Gasteiger partial charge < -0.3 is 14.4 Å². The largest absolute Gasteiger partial charge is 0.497 e. The van der Waals surface area contributed by atoms with Gasteiger partial charge in [0, 0.05) is 36.7 Å². The number of hydrogen-bond acceptors (Lipinski definition) is 7. The highest BCUT2D eigenvalue weighted by atomic mass is 32.2. The van der Waals surface area contributed by atoms with Crippen LogP contribution in [0.5, 0.6) is 5.75 Å². The van der Waals surface area contributed by atoms with Gasteiger partial charge in [-0.15, -0.1) is 10.2 Å². The van der Waals surface area contributed by atoms with Gasteiger partial charge in [0.2, 0.25) is 5.91 Å². The number of thioether (sulfide) groups is 1. The molecule has 1 amide bonds. The monoisotopic (exact) mass is 411 g/mol. The number of carbonyl (C=O) groups excluding carboxylic acids is 1. The minimum absolute atomic E-state index is 0.0745. The second kappa shape index (κ2) is 9.06. The molecule has 1 fully saturated rings. The third-order valence-electron chi connectivity index (χ3n) is 4.57. The fourth-order valence-electron chi connectivity index (χ4n) is 3.04. The Labute approximate surface area is 172 Å². The van der Waals surface area contributed by atoms with Gasteiger partial charge in [-0.2, -0.15) is 0 Å². The fourth-order valence-corrected chi connectivity index (χ4v) is 3.89. The van der Waals surface area contributed by atoms with E-state index in [1.165, 1.54) is 11.8 Å². The molecule has 0 N–H and O–H groups in total. The van der Waals surface area contributed by atoms with Crippen molar-refractivity contribution in [1.29, 1.82) is 0 Å². The molecule has 150 valence electrons. The summed E-state index contributed by atoms with van der Waals surface area (Å²) in [5.41, 5.74) is 1.73. The van der Waals surface area contributed by atoms with Crippen LogP contribution in [0.4, 0.5) is 0 Å². The van der Waals surface area contributed by atoms with Crippen molar-refractivity contribution in [3.05, 3.63) is 48.8 Å². The van der Waals surface area contributed by atoms with Crippen molar-refractivity contribution in [2.24, 2.45) is 0 Å². The minimum atomic E-state index is 0.0745. The number of pyridine rings is 1. The highest BCUT2D eigenvalue weighted by Gasteiger charge is 2.21. The van der Waals surface area contributed by atoms with Crippen LogP contribution in [0.1, 0.15) is 0 Å². The third kappa shape index (κ3) is 4.41.